The predicted molar refractivity (Wildman–Crippen MR) is 89.6 cm³/mol. The van der Waals surface area contributed by atoms with E-state index in [1.165, 1.54) is 0 Å². The molecule has 1 aromatic carbocycles. The molecule has 0 saturated heterocycles. The number of imidazole rings is 1. The van der Waals surface area contributed by atoms with Crippen molar-refractivity contribution in [1.82, 2.24) is 24.1 Å². The Hall–Kier alpha value is -3.37. The Labute approximate surface area is 141 Å². The van der Waals surface area contributed by atoms with Crippen LogP contribution in [0.25, 0.3) is 11.2 Å². The molecule has 0 radical (unpaired) electrons. The minimum Gasteiger partial charge on any atom is -0.322 e. The zero-order valence-electron chi connectivity index (χ0n) is 12.3. The number of nitrogens with zero attached hydrogens (tertiary/aromatic N) is 6. The van der Waals surface area contributed by atoms with Crippen molar-refractivity contribution in [1.29, 1.82) is 5.26 Å². The number of fused-ring (bicyclic) bond motifs is 1. The van der Waals surface area contributed by atoms with Crippen molar-refractivity contribution in [3.63, 3.8) is 0 Å². The van der Waals surface area contributed by atoms with Gasteiger partial charge in [0.15, 0.2) is 5.82 Å². The third-order valence-corrected chi connectivity index (χ3v) is 3.63. The fourth-order valence-electron chi connectivity index (χ4n) is 2.39. The van der Waals surface area contributed by atoms with E-state index in [1.54, 1.807) is 29.2 Å². The van der Waals surface area contributed by atoms with Crippen LogP contribution in [0.1, 0.15) is 5.56 Å². The Balaban J connectivity index is 1.68. The molecular weight excluding hydrogens is 326 g/mol. The maximum Gasteiger partial charge on any atom is 0.243 e. The van der Waals surface area contributed by atoms with Crippen LogP contribution < -0.4 is 5.32 Å². The molecule has 1 N–H and O–H groups in total. The number of rotatable bonds is 3. The smallest absolute Gasteiger partial charge is 0.243 e. The van der Waals surface area contributed by atoms with Crippen LogP contribution in [0.2, 0.25) is 5.28 Å². The molecule has 0 saturated carbocycles. The molecule has 0 aliphatic rings. The number of halogens is 1. The lowest BCUT2D eigenvalue weighted by molar-refractivity contribution is 0.907. The van der Waals surface area contributed by atoms with Gasteiger partial charge in [0.1, 0.15) is 17.7 Å². The first-order chi connectivity index (χ1) is 11.7. The molecule has 0 spiro atoms. The van der Waals surface area contributed by atoms with Gasteiger partial charge in [-0.05, 0) is 41.9 Å². The van der Waals surface area contributed by atoms with Crippen LogP contribution in [0.15, 0.2) is 55.1 Å². The second-order valence-electron chi connectivity index (χ2n) is 5.02. The maximum absolute atomic E-state index is 9.00. The number of hydrogen-bond acceptors (Lipinski definition) is 5. The number of nitrogens with one attached hydrogen (secondary N) is 1. The molecule has 3 heterocycles. The molecule has 3 aromatic heterocycles. The first-order valence-electron chi connectivity index (χ1n) is 7.05. The van der Waals surface area contributed by atoms with E-state index in [0.29, 0.717) is 17.2 Å². The fourth-order valence-corrected chi connectivity index (χ4v) is 2.55. The number of nitriles is 1. The Bertz CT molecular complexity index is 1070. The highest BCUT2D eigenvalue weighted by Gasteiger charge is 2.09. The van der Waals surface area contributed by atoms with Crippen LogP contribution in [0, 0.1) is 11.3 Å². The van der Waals surface area contributed by atoms with Gasteiger partial charge in [0.2, 0.25) is 5.28 Å². The average molecular weight is 336 g/mol. The standard InChI is InChI=1S/C16H10ClN7/c17-16-21-15(13-5-2-6-24(13)22-16)20-14-9-23(10-19-14)12-4-1-3-11(7-12)8-18/h1-7,9-10H,(H,20,21,22). The lowest BCUT2D eigenvalue weighted by atomic mass is 10.2. The first-order valence-corrected chi connectivity index (χ1v) is 7.43. The lowest BCUT2D eigenvalue weighted by Crippen LogP contribution is -2.01. The van der Waals surface area contributed by atoms with Gasteiger partial charge in [0.25, 0.3) is 0 Å². The Morgan fingerprint density at radius 2 is 2.12 bits per heavy atom. The van der Waals surface area contributed by atoms with Crippen LogP contribution in [0.3, 0.4) is 0 Å². The molecule has 7 nitrogen and oxygen atoms in total. The normalized spacial score (nSPS) is 10.7. The van der Waals surface area contributed by atoms with Gasteiger partial charge in [-0.1, -0.05) is 6.07 Å². The molecular formula is C16H10ClN7. The van der Waals surface area contributed by atoms with E-state index in [1.807, 2.05) is 35.0 Å². The summed E-state index contributed by atoms with van der Waals surface area (Å²) >= 11 is 5.94. The SMILES string of the molecule is N#Cc1cccc(-n2cnc(Nc3nc(Cl)nn4cccc34)c2)c1. The third kappa shape index (κ3) is 2.55. The molecule has 0 unspecified atom stereocenters. The fraction of sp³-hybridized carbons (Fsp3) is 0. The molecule has 0 bridgehead atoms. The Morgan fingerprint density at radius 1 is 1.21 bits per heavy atom. The van der Waals surface area contributed by atoms with Crippen LogP contribution in [0.4, 0.5) is 11.6 Å². The van der Waals surface area contributed by atoms with E-state index in [-0.39, 0.29) is 5.28 Å². The van der Waals surface area contributed by atoms with Crippen molar-refractivity contribution in [3.05, 3.63) is 66.0 Å². The maximum atomic E-state index is 9.00. The van der Waals surface area contributed by atoms with E-state index in [0.717, 1.165) is 11.2 Å². The average Bonchev–Trinajstić information content (AvgIpc) is 3.24. The van der Waals surface area contributed by atoms with E-state index in [9.17, 15) is 0 Å². The van der Waals surface area contributed by atoms with Gasteiger partial charge < -0.3 is 9.88 Å². The highest BCUT2D eigenvalue weighted by molar-refractivity contribution is 6.28. The van der Waals surface area contributed by atoms with Crippen LogP contribution in [0.5, 0.6) is 0 Å². The molecule has 8 heteroatoms. The summed E-state index contributed by atoms with van der Waals surface area (Å²) in [5.41, 5.74) is 2.23. The Morgan fingerprint density at radius 3 is 3.00 bits per heavy atom. The molecule has 0 atom stereocenters. The van der Waals surface area contributed by atoms with Crippen molar-refractivity contribution in [2.45, 2.75) is 0 Å². The van der Waals surface area contributed by atoms with Crippen molar-refractivity contribution in [3.8, 4) is 11.8 Å². The van der Waals surface area contributed by atoms with Crippen molar-refractivity contribution in [2.75, 3.05) is 5.32 Å². The summed E-state index contributed by atoms with van der Waals surface area (Å²) in [7, 11) is 0. The van der Waals surface area contributed by atoms with Crippen LogP contribution >= 0.6 is 11.6 Å². The molecule has 0 aliphatic carbocycles. The van der Waals surface area contributed by atoms with E-state index in [4.69, 9.17) is 16.9 Å². The van der Waals surface area contributed by atoms with Gasteiger partial charge in [-0.3, -0.25) is 0 Å². The highest BCUT2D eigenvalue weighted by Crippen LogP contribution is 2.21. The largest absolute Gasteiger partial charge is 0.322 e. The minimum absolute atomic E-state index is 0.141. The second kappa shape index (κ2) is 5.68. The summed E-state index contributed by atoms with van der Waals surface area (Å²) in [6.07, 6.45) is 5.27. The number of anilines is 2. The zero-order valence-corrected chi connectivity index (χ0v) is 13.0. The summed E-state index contributed by atoms with van der Waals surface area (Å²) in [4.78, 5) is 8.53. The summed E-state index contributed by atoms with van der Waals surface area (Å²) in [5.74, 6) is 1.17. The van der Waals surface area contributed by atoms with Gasteiger partial charge in [0, 0.05) is 11.9 Å². The highest BCUT2D eigenvalue weighted by atomic mass is 35.5. The Kier molecular flexibility index (Phi) is 3.37. The number of benzene rings is 1. The summed E-state index contributed by atoms with van der Waals surface area (Å²) in [5, 5.41) is 16.4. The second-order valence-corrected chi connectivity index (χ2v) is 5.36. The van der Waals surface area contributed by atoms with Crippen molar-refractivity contribution >= 4 is 28.8 Å². The van der Waals surface area contributed by atoms with E-state index < -0.39 is 0 Å². The molecule has 4 rings (SSSR count). The van der Waals surface area contributed by atoms with E-state index in [2.05, 4.69) is 26.5 Å². The summed E-state index contributed by atoms with van der Waals surface area (Å²) < 4.78 is 3.46. The van der Waals surface area contributed by atoms with E-state index >= 15 is 0 Å². The van der Waals surface area contributed by atoms with Gasteiger partial charge in [-0.25, -0.2) is 9.50 Å². The minimum atomic E-state index is 0.141. The molecule has 0 fully saturated rings. The van der Waals surface area contributed by atoms with Gasteiger partial charge >= 0.3 is 0 Å². The number of aromatic nitrogens is 5. The monoisotopic (exact) mass is 335 g/mol. The molecule has 4 aromatic rings. The van der Waals surface area contributed by atoms with Crippen molar-refractivity contribution < 1.29 is 0 Å². The molecule has 24 heavy (non-hydrogen) atoms. The summed E-state index contributed by atoms with van der Waals surface area (Å²) in [6, 6.07) is 13.1. The molecule has 116 valence electrons. The van der Waals surface area contributed by atoms with Crippen molar-refractivity contribution in [2.24, 2.45) is 0 Å². The third-order valence-electron chi connectivity index (χ3n) is 3.47. The van der Waals surface area contributed by atoms with Crippen LogP contribution in [-0.2, 0) is 0 Å². The quantitative estimate of drug-likeness (QED) is 0.621. The first kappa shape index (κ1) is 14.2. The number of hydrogen-bond donors (Lipinski definition) is 1. The summed E-state index contributed by atoms with van der Waals surface area (Å²) in [6.45, 7) is 0. The molecule has 0 amide bonds. The topological polar surface area (TPSA) is 83.8 Å². The predicted octanol–water partition coefficient (Wildman–Crippen LogP) is 3.18. The zero-order chi connectivity index (χ0) is 16.5. The van der Waals surface area contributed by atoms with Gasteiger partial charge in [-0.2, -0.15) is 10.2 Å². The van der Waals surface area contributed by atoms with Gasteiger partial charge in [0.05, 0.1) is 17.8 Å². The molecule has 0 aliphatic heterocycles. The lowest BCUT2D eigenvalue weighted by Gasteiger charge is -2.05. The van der Waals surface area contributed by atoms with Gasteiger partial charge in [-0.15, -0.1) is 5.10 Å². The van der Waals surface area contributed by atoms with Crippen LogP contribution in [-0.4, -0.2) is 24.1 Å².